The average Bonchev–Trinajstić information content (AvgIpc) is 2.64. The number of hydrogen-bond donors (Lipinski definition) is 0. The molecule has 0 atom stereocenters. The first-order valence-electron chi connectivity index (χ1n) is 6.48. The molecule has 1 aliphatic heterocycles. The molecular formula is C16H17N3. The molecule has 96 valence electrons. The van der Waals surface area contributed by atoms with Crippen LogP contribution in [0.5, 0.6) is 0 Å². The lowest BCUT2D eigenvalue weighted by Crippen LogP contribution is -2.14. The van der Waals surface area contributed by atoms with Crippen molar-refractivity contribution in [1.82, 2.24) is 9.97 Å². The monoisotopic (exact) mass is 251 g/mol. The molecule has 0 N–H and O–H groups in total. The van der Waals surface area contributed by atoms with E-state index in [2.05, 4.69) is 47.0 Å². The first-order valence-corrected chi connectivity index (χ1v) is 6.48. The van der Waals surface area contributed by atoms with E-state index in [9.17, 15) is 0 Å². The highest BCUT2D eigenvalue weighted by molar-refractivity contribution is 5.86. The van der Waals surface area contributed by atoms with Gasteiger partial charge in [0.25, 0.3) is 0 Å². The van der Waals surface area contributed by atoms with Gasteiger partial charge in [-0.05, 0) is 31.5 Å². The largest absolute Gasteiger partial charge is 0.260 e. The lowest BCUT2D eigenvalue weighted by Gasteiger charge is -2.15. The van der Waals surface area contributed by atoms with Crippen molar-refractivity contribution in [3.63, 3.8) is 0 Å². The standard InChI is InChI=1S/C16H17N3/c1-10-7-14(19-11(2)18-10)12-5-6-13-15(8-12)17-9-16(13,3)4/h5-9H,1-4H3. The van der Waals surface area contributed by atoms with Crippen LogP contribution in [0.25, 0.3) is 11.3 Å². The molecule has 0 unspecified atom stereocenters. The van der Waals surface area contributed by atoms with Crippen molar-refractivity contribution in [3.05, 3.63) is 41.3 Å². The third-order valence-corrected chi connectivity index (χ3v) is 3.48. The fraction of sp³-hybridized carbons (Fsp3) is 0.312. The van der Waals surface area contributed by atoms with Gasteiger partial charge in [-0.1, -0.05) is 26.0 Å². The summed E-state index contributed by atoms with van der Waals surface area (Å²) in [5.41, 5.74) is 5.42. The Kier molecular flexibility index (Phi) is 2.52. The van der Waals surface area contributed by atoms with Crippen LogP contribution >= 0.6 is 0 Å². The van der Waals surface area contributed by atoms with Crippen LogP contribution in [0.2, 0.25) is 0 Å². The van der Waals surface area contributed by atoms with E-state index in [0.717, 1.165) is 28.5 Å². The predicted octanol–water partition coefficient (Wildman–Crippen LogP) is 3.75. The summed E-state index contributed by atoms with van der Waals surface area (Å²) in [5.74, 6) is 0.805. The Bertz CT molecular complexity index is 664. The van der Waals surface area contributed by atoms with Gasteiger partial charge in [0, 0.05) is 22.9 Å². The highest BCUT2D eigenvalue weighted by Gasteiger charge is 2.26. The summed E-state index contributed by atoms with van der Waals surface area (Å²) in [4.78, 5) is 13.3. The summed E-state index contributed by atoms with van der Waals surface area (Å²) in [6.07, 6.45) is 2.01. The molecule has 3 heteroatoms. The van der Waals surface area contributed by atoms with Gasteiger partial charge in [-0.3, -0.25) is 4.99 Å². The van der Waals surface area contributed by atoms with Crippen LogP contribution < -0.4 is 0 Å². The Balaban J connectivity index is 2.11. The molecule has 1 aromatic carbocycles. The molecule has 3 rings (SSSR count). The summed E-state index contributed by atoms with van der Waals surface area (Å²) >= 11 is 0. The summed E-state index contributed by atoms with van der Waals surface area (Å²) in [7, 11) is 0. The van der Waals surface area contributed by atoms with Gasteiger partial charge in [-0.15, -0.1) is 0 Å². The third kappa shape index (κ3) is 2.05. The molecule has 19 heavy (non-hydrogen) atoms. The number of benzene rings is 1. The lowest BCUT2D eigenvalue weighted by molar-refractivity contribution is 0.753. The van der Waals surface area contributed by atoms with Gasteiger partial charge in [0.1, 0.15) is 5.82 Å². The van der Waals surface area contributed by atoms with Gasteiger partial charge < -0.3 is 0 Å². The Hall–Kier alpha value is -2.03. The van der Waals surface area contributed by atoms with Crippen molar-refractivity contribution in [1.29, 1.82) is 0 Å². The smallest absolute Gasteiger partial charge is 0.126 e. The van der Waals surface area contributed by atoms with Crippen LogP contribution in [0.4, 0.5) is 5.69 Å². The first kappa shape index (κ1) is 12.0. The van der Waals surface area contributed by atoms with Gasteiger partial charge in [-0.25, -0.2) is 9.97 Å². The summed E-state index contributed by atoms with van der Waals surface area (Å²) in [6.45, 7) is 8.28. The lowest BCUT2D eigenvalue weighted by atomic mass is 9.86. The number of rotatable bonds is 1. The van der Waals surface area contributed by atoms with Gasteiger partial charge >= 0.3 is 0 Å². The second kappa shape index (κ2) is 3.98. The third-order valence-electron chi connectivity index (χ3n) is 3.48. The van der Waals surface area contributed by atoms with E-state index in [1.807, 2.05) is 26.1 Å². The minimum absolute atomic E-state index is 0.0331. The molecule has 1 aliphatic rings. The number of fused-ring (bicyclic) bond motifs is 1. The summed E-state index contributed by atoms with van der Waals surface area (Å²) < 4.78 is 0. The Morgan fingerprint density at radius 2 is 1.79 bits per heavy atom. The van der Waals surface area contributed by atoms with Crippen molar-refractivity contribution in [2.45, 2.75) is 33.1 Å². The number of aryl methyl sites for hydroxylation is 2. The highest BCUT2D eigenvalue weighted by atomic mass is 14.9. The van der Waals surface area contributed by atoms with Gasteiger partial charge in [0.2, 0.25) is 0 Å². The van der Waals surface area contributed by atoms with Gasteiger partial charge in [0.05, 0.1) is 11.4 Å². The number of hydrogen-bond acceptors (Lipinski definition) is 3. The second-order valence-corrected chi connectivity index (χ2v) is 5.65. The van der Waals surface area contributed by atoms with E-state index in [-0.39, 0.29) is 5.41 Å². The van der Waals surface area contributed by atoms with Crippen molar-refractivity contribution >= 4 is 11.9 Å². The van der Waals surface area contributed by atoms with Crippen molar-refractivity contribution < 1.29 is 0 Å². The van der Waals surface area contributed by atoms with E-state index < -0.39 is 0 Å². The maximum absolute atomic E-state index is 4.51. The number of aromatic nitrogens is 2. The minimum atomic E-state index is 0.0331. The van der Waals surface area contributed by atoms with Crippen molar-refractivity contribution in [2.75, 3.05) is 0 Å². The van der Waals surface area contributed by atoms with Crippen LogP contribution in [-0.4, -0.2) is 16.2 Å². The first-order chi connectivity index (χ1) is 8.95. The zero-order valence-corrected chi connectivity index (χ0v) is 11.7. The molecule has 0 radical (unpaired) electrons. The van der Waals surface area contributed by atoms with Gasteiger partial charge in [0.15, 0.2) is 0 Å². The normalized spacial score (nSPS) is 15.6. The Morgan fingerprint density at radius 3 is 2.53 bits per heavy atom. The van der Waals surface area contributed by atoms with Crippen LogP contribution in [0, 0.1) is 13.8 Å². The molecule has 3 nitrogen and oxygen atoms in total. The Labute approximate surface area is 113 Å². The van der Waals surface area contributed by atoms with Crippen molar-refractivity contribution in [3.8, 4) is 11.3 Å². The van der Waals surface area contributed by atoms with E-state index in [0.29, 0.717) is 0 Å². The SMILES string of the molecule is Cc1cc(-c2ccc3c(c2)N=CC3(C)C)nc(C)n1. The van der Waals surface area contributed by atoms with E-state index in [1.165, 1.54) is 5.56 Å². The molecule has 0 saturated carbocycles. The fourth-order valence-electron chi connectivity index (χ4n) is 2.51. The summed E-state index contributed by atoms with van der Waals surface area (Å²) in [5, 5.41) is 0. The molecule has 0 bridgehead atoms. The predicted molar refractivity (Wildman–Crippen MR) is 78.1 cm³/mol. The molecule has 0 amide bonds. The number of aliphatic imine (C=N–C) groups is 1. The maximum Gasteiger partial charge on any atom is 0.126 e. The highest BCUT2D eigenvalue weighted by Crippen LogP contribution is 2.38. The molecule has 0 spiro atoms. The molecule has 1 aromatic heterocycles. The second-order valence-electron chi connectivity index (χ2n) is 5.65. The fourth-order valence-corrected chi connectivity index (χ4v) is 2.51. The average molecular weight is 251 g/mol. The van der Waals surface area contributed by atoms with E-state index >= 15 is 0 Å². The minimum Gasteiger partial charge on any atom is -0.260 e. The van der Waals surface area contributed by atoms with E-state index in [1.54, 1.807) is 0 Å². The van der Waals surface area contributed by atoms with Crippen molar-refractivity contribution in [2.24, 2.45) is 4.99 Å². The van der Waals surface area contributed by atoms with Crippen LogP contribution in [0.1, 0.15) is 30.9 Å². The molecule has 0 saturated heterocycles. The zero-order valence-electron chi connectivity index (χ0n) is 11.7. The van der Waals surface area contributed by atoms with E-state index in [4.69, 9.17) is 0 Å². The maximum atomic E-state index is 4.51. The van der Waals surface area contributed by atoms with Crippen LogP contribution in [-0.2, 0) is 5.41 Å². The molecular weight excluding hydrogens is 234 g/mol. The number of nitrogens with zero attached hydrogens (tertiary/aromatic N) is 3. The summed E-state index contributed by atoms with van der Waals surface area (Å²) in [6, 6.07) is 8.40. The Morgan fingerprint density at radius 1 is 1.00 bits per heavy atom. The quantitative estimate of drug-likeness (QED) is 0.774. The molecule has 2 aromatic rings. The van der Waals surface area contributed by atoms with Crippen LogP contribution in [0.3, 0.4) is 0 Å². The van der Waals surface area contributed by atoms with Crippen LogP contribution in [0.15, 0.2) is 29.3 Å². The van der Waals surface area contributed by atoms with Gasteiger partial charge in [-0.2, -0.15) is 0 Å². The molecule has 0 fully saturated rings. The molecule has 2 heterocycles. The topological polar surface area (TPSA) is 38.1 Å². The molecule has 0 aliphatic carbocycles. The zero-order chi connectivity index (χ0) is 13.6.